The molecule has 0 amide bonds. The Bertz CT molecular complexity index is 3250. The monoisotopic (exact) mass is 739 g/mol. The molecule has 1 aromatic heterocycles. The second-order valence-electron chi connectivity index (χ2n) is 14.9. The quantitative estimate of drug-likeness (QED) is 0.162. The van der Waals surface area contributed by atoms with E-state index in [-0.39, 0.29) is 0 Å². The third kappa shape index (κ3) is 5.91. The van der Waals surface area contributed by atoms with Crippen LogP contribution < -0.4 is 4.90 Å². The molecular weight excluding hydrogens is 703 g/mol. The largest absolute Gasteiger partial charge is 0.455 e. The third-order valence-corrected chi connectivity index (χ3v) is 11.5. The molecule has 0 radical (unpaired) electrons. The highest BCUT2D eigenvalue weighted by atomic mass is 16.3. The van der Waals surface area contributed by atoms with Gasteiger partial charge >= 0.3 is 0 Å². The average Bonchev–Trinajstić information content (AvgIpc) is 3.70. The van der Waals surface area contributed by atoms with E-state index in [4.69, 9.17) is 4.42 Å². The third-order valence-electron chi connectivity index (χ3n) is 11.5. The molecule has 11 aromatic rings. The number of para-hydroxylation sites is 1. The summed E-state index contributed by atoms with van der Waals surface area (Å²) >= 11 is 0. The second kappa shape index (κ2) is 14.1. The smallest absolute Gasteiger partial charge is 0.145 e. The molecule has 10 aromatic carbocycles. The maximum Gasteiger partial charge on any atom is 0.145 e. The summed E-state index contributed by atoms with van der Waals surface area (Å²) in [6.45, 7) is 0. The van der Waals surface area contributed by atoms with Crippen molar-refractivity contribution < 1.29 is 4.42 Å². The first-order valence-corrected chi connectivity index (χ1v) is 19.8. The van der Waals surface area contributed by atoms with Gasteiger partial charge in [0.25, 0.3) is 0 Å². The number of hydrogen-bond donors (Lipinski definition) is 0. The predicted octanol–water partition coefficient (Wildman–Crippen LogP) is 16.0. The number of nitrogens with zero attached hydrogens (tertiary/aromatic N) is 1. The molecule has 11 rings (SSSR count). The van der Waals surface area contributed by atoms with Crippen molar-refractivity contribution in [3.05, 3.63) is 224 Å². The van der Waals surface area contributed by atoms with Gasteiger partial charge in [0.15, 0.2) is 0 Å². The van der Waals surface area contributed by atoms with Crippen molar-refractivity contribution in [2.45, 2.75) is 0 Å². The van der Waals surface area contributed by atoms with E-state index in [1.807, 2.05) is 0 Å². The Morgan fingerprint density at radius 1 is 0.310 bits per heavy atom. The van der Waals surface area contributed by atoms with E-state index in [1.54, 1.807) is 0 Å². The number of furan rings is 1. The molecule has 2 nitrogen and oxygen atoms in total. The maximum atomic E-state index is 6.85. The zero-order valence-electron chi connectivity index (χ0n) is 31.7. The van der Waals surface area contributed by atoms with Crippen molar-refractivity contribution in [3.63, 3.8) is 0 Å². The van der Waals surface area contributed by atoms with Gasteiger partial charge in [-0.3, -0.25) is 0 Å². The molecule has 0 aliphatic carbocycles. The zero-order valence-corrected chi connectivity index (χ0v) is 31.7. The van der Waals surface area contributed by atoms with Gasteiger partial charge in [0.05, 0.1) is 11.1 Å². The maximum absolute atomic E-state index is 6.85. The lowest BCUT2D eigenvalue weighted by molar-refractivity contribution is 0.670. The number of benzene rings is 10. The fourth-order valence-corrected chi connectivity index (χ4v) is 8.56. The molecule has 1 heterocycles. The van der Waals surface area contributed by atoms with Crippen LogP contribution in [-0.4, -0.2) is 0 Å². The van der Waals surface area contributed by atoms with E-state index < -0.39 is 0 Å². The molecule has 0 saturated heterocycles. The van der Waals surface area contributed by atoms with Crippen LogP contribution in [0.2, 0.25) is 0 Å². The topological polar surface area (TPSA) is 16.4 Å². The fraction of sp³-hybridized carbons (Fsp3) is 0. The molecule has 0 saturated carbocycles. The van der Waals surface area contributed by atoms with Crippen LogP contribution in [0.5, 0.6) is 0 Å². The standard InChI is InChI=1S/C56H37NO/c1-2-11-38(12-3-1)40-21-23-41(24-22-40)42-27-31-47(32-28-42)57(48-33-29-43(30-34-48)46-26-25-39-13-4-5-15-45(39)37-46)53-36-35-51(50-19-10-16-44-14-6-7-17-49(44)50)56-55(53)52-18-8-9-20-54(52)58-56/h1-37H. The minimum Gasteiger partial charge on any atom is -0.455 e. The van der Waals surface area contributed by atoms with Crippen LogP contribution in [0.4, 0.5) is 17.1 Å². The highest BCUT2D eigenvalue weighted by molar-refractivity contribution is 6.18. The van der Waals surface area contributed by atoms with Crippen LogP contribution in [0.3, 0.4) is 0 Å². The van der Waals surface area contributed by atoms with Crippen LogP contribution in [0.25, 0.3) is 88.0 Å². The lowest BCUT2D eigenvalue weighted by Gasteiger charge is -2.27. The molecule has 272 valence electrons. The summed E-state index contributed by atoms with van der Waals surface area (Å²) in [4.78, 5) is 2.38. The summed E-state index contributed by atoms with van der Waals surface area (Å²) in [5.41, 5.74) is 14.3. The summed E-state index contributed by atoms with van der Waals surface area (Å²) in [5.74, 6) is 0. The van der Waals surface area contributed by atoms with Crippen molar-refractivity contribution in [1.82, 2.24) is 0 Å². The van der Waals surface area contributed by atoms with Crippen molar-refractivity contribution in [1.29, 1.82) is 0 Å². The van der Waals surface area contributed by atoms with E-state index >= 15 is 0 Å². The molecule has 0 atom stereocenters. The van der Waals surface area contributed by atoms with Crippen molar-refractivity contribution in [3.8, 4) is 44.5 Å². The van der Waals surface area contributed by atoms with Crippen LogP contribution in [0, 0.1) is 0 Å². The average molecular weight is 740 g/mol. The second-order valence-corrected chi connectivity index (χ2v) is 14.9. The van der Waals surface area contributed by atoms with Crippen LogP contribution in [0.15, 0.2) is 229 Å². The highest BCUT2D eigenvalue weighted by Gasteiger charge is 2.23. The van der Waals surface area contributed by atoms with Gasteiger partial charge < -0.3 is 9.32 Å². The zero-order chi connectivity index (χ0) is 38.4. The first-order chi connectivity index (χ1) is 28.7. The number of anilines is 3. The van der Waals surface area contributed by atoms with Gasteiger partial charge in [0.1, 0.15) is 11.2 Å². The van der Waals surface area contributed by atoms with E-state index in [0.717, 1.165) is 50.1 Å². The van der Waals surface area contributed by atoms with Crippen molar-refractivity contribution in [2.24, 2.45) is 0 Å². The molecule has 0 unspecified atom stereocenters. The predicted molar refractivity (Wildman–Crippen MR) is 245 cm³/mol. The summed E-state index contributed by atoms with van der Waals surface area (Å²) in [7, 11) is 0. The Balaban J connectivity index is 1.07. The Morgan fingerprint density at radius 2 is 0.828 bits per heavy atom. The summed E-state index contributed by atoms with van der Waals surface area (Å²) < 4.78 is 6.85. The van der Waals surface area contributed by atoms with Crippen LogP contribution in [-0.2, 0) is 0 Å². The Kier molecular flexibility index (Phi) is 8.19. The van der Waals surface area contributed by atoms with Crippen molar-refractivity contribution >= 4 is 60.5 Å². The van der Waals surface area contributed by atoms with Gasteiger partial charge in [-0.25, -0.2) is 0 Å². The first kappa shape index (κ1) is 33.6. The lowest BCUT2D eigenvalue weighted by atomic mass is 9.95. The summed E-state index contributed by atoms with van der Waals surface area (Å²) in [5, 5.41) is 7.06. The fourth-order valence-electron chi connectivity index (χ4n) is 8.56. The molecule has 0 aliphatic heterocycles. The van der Waals surface area contributed by atoms with Gasteiger partial charge in [0.2, 0.25) is 0 Å². The lowest BCUT2D eigenvalue weighted by Crippen LogP contribution is -2.10. The van der Waals surface area contributed by atoms with E-state index in [9.17, 15) is 0 Å². The molecule has 0 bridgehead atoms. The Morgan fingerprint density at radius 3 is 1.53 bits per heavy atom. The van der Waals surface area contributed by atoms with Gasteiger partial charge in [-0.05, 0) is 109 Å². The normalized spacial score (nSPS) is 11.4. The van der Waals surface area contributed by atoms with E-state index in [2.05, 4.69) is 229 Å². The first-order valence-electron chi connectivity index (χ1n) is 19.8. The minimum atomic E-state index is 0.868. The number of rotatable bonds is 7. The summed E-state index contributed by atoms with van der Waals surface area (Å²) in [6.07, 6.45) is 0. The summed E-state index contributed by atoms with van der Waals surface area (Å²) in [6, 6.07) is 80.6. The van der Waals surface area contributed by atoms with Gasteiger partial charge in [-0.2, -0.15) is 0 Å². The van der Waals surface area contributed by atoms with E-state index in [1.165, 1.54) is 54.9 Å². The molecule has 58 heavy (non-hydrogen) atoms. The van der Waals surface area contributed by atoms with Crippen LogP contribution in [0.1, 0.15) is 0 Å². The Labute approximate surface area is 337 Å². The van der Waals surface area contributed by atoms with Gasteiger partial charge in [-0.15, -0.1) is 0 Å². The number of fused-ring (bicyclic) bond motifs is 5. The molecule has 0 aliphatic rings. The molecule has 0 fully saturated rings. The van der Waals surface area contributed by atoms with Crippen LogP contribution >= 0.6 is 0 Å². The van der Waals surface area contributed by atoms with Crippen molar-refractivity contribution in [2.75, 3.05) is 4.90 Å². The number of hydrogen-bond acceptors (Lipinski definition) is 2. The van der Waals surface area contributed by atoms with Gasteiger partial charge in [-0.1, -0.05) is 176 Å². The molecule has 0 N–H and O–H groups in total. The Hall–Kier alpha value is -7.68. The van der Waals surface area contributed by atoms with Gasteiger partial charge in [0, 0.05) is 22.3 Å². The molecule has 0 spiro atoms. The van der Waals surface area contributed by atoms with E-state index in [0.29, 0.717) is 0 Å². The minimum absolute atomic E-state index is 0.868. The molecular formula is C56H37NO. The SMILES string of the molecule is c1ccc(-c2ccc(-c3ccc(N(c4ccc(-c5ccc6ccccc6c5)cc4)c4ccc(-c5cccc6ccccc56)c5oc6ccccc6c45)cc3)cc2)cc1. The molecule has 2 heteroatoms. The highest BCUT2D eigenvalue weighted by Crippen LogP contribution is 2.47.